The summed E-state index contributed by atoms with van der Waals surface area (Å²) in [5.74, 6) is -0.700. The maximum absolute atomic E-state index is 14.1. The fourth-order valence-corrected chi connectivity index (χ4v) is 3.40. The third-order valence-electron chi connectivity index (χ3n) is 3.61. The largest absolute Gasteiger partial charge is 0.326 e. The molecular weight excluding hydrogens is 453 g/mol. The number of nitrogens with zero attached hydrogens (tertiary/aromatic N) is 1. The molecule has 0 atom stereocenters. The molecule has 4 nitrogen and oxygen atoms in total. The Bertz CT molecular complexity index is 985. The number of benzene rings is 2. The van der Waals surface area contributed by atoms with Crippen molar-refractivity contribution in [2.24, 2.45) is 0 Å². The van der Waals surface area contributed by atoms with Crippen LogP contribution in [0.4, 0.5) is 15.8 Å². The van der Waals surface area contributed by atoms with Crippen LogP contribution in [0, 0.1) is 12.7 Å². The number of carbonyl (C=O) groups excluding carboxylic acids is 1. The molecule has 0 aliphatic rings. The van der Waals surface area contributed by atoms with E-state index in [0.29, 0.717) is 31.3 Å². The van der Waals surface area contributed by atoms with E-state index in [1.54, 1.807) is 49.5 Å². The van der Waals surface area contributed by atoms with E-state index in [0.717, 1.165) is 17.6 Å². The van der Waals surface area contributed by atoms with Gasteiger partial charge in [-0.25, -0.2) is 4.39 Å². The van der Waals surface area contributed by atoms with E-state index in [1.165, 1.54) is 12.1 Å². The van der Waals surface area contributed by atoms with Gasteiger partial charge in [-0.3, -0.25) is 9.78 Å². The highest BCUT2D eigenvalue weighted by atomic mass is 79.9. The zero-order valence-corrected chi connectivity index (χ0v) is 17.3. The maximum atomic E-state index is 14.1. The van der Waals surface area contributed by atoms with E-state index >= 15 is 0 Å². The lowest BCUT2D eigenvalue weighted by molar-refractivity contribution is 0.102. The molecule has 0 radical (unpaired) electrons. The summed E-state index contributed by atoms with van der Waals surface area (Å²) in [5.41, 5.74) is 2.33. The van der Waals surface area contributed by atoms with Gasteiger partial charge in [0.05, 0.1) is 16.2 Å². The number of halogens is 3. The SMILES string of the molecule is Cc1ncc(Br)cc1C(=O)Nc1ccc(F)c(SNc2ccc(Cl)cc2)c1. The number of amides is 1. The zero-order valence-electron chi connectivity index (χ0n) is 14.1. The van der Waals surface area contributed by atoms with Crippen LogP contribution in [-0.2, 0) is 0 Å². The average molecular weight is 467 g/mol. The quantitative estimate of drug-likeness (QED) is 0.432. The third-order valence-corrected chi connectivity index (χ3v) is 5.17. The van der Waals surface area contributed by atoms with Crippen LogP contribution in [-0.4, -0.2) is 10.9 Å². The fourth-order valence-electron chi connectivity index (χ4n) is 2.23. The third kappa shape index (κ3) is 5.22. The Morgan fingerprint density at radius 3 is 2.59 bits per heavy atom. The van der Waals surface area contributed by atoms with E-state index < -0.39 is 0 Å². The second-order valence-corrected chi connectivity index (χ2v) is 7.80. The fraction of sp³-hybridized carbons (Fsp3) is 0.0526. The van der Waals surface area contributed by atoms with Crippen LogP contribution < -0.4 is 10.0 Å². The second kappa shape index (κ2) is 8.73. The van der Waals surface area contributed by atoms with Crippen LogP contribution in [0.2, 0.25) is 5.02 Å². The Morgan fingerprint density at radius 1 is 1.15 bits per heavy atom. The summed E-state index contributed by atoms with van der Waals surface area (Å²) in [6.07, 6.45) is 1.63. The van der Waals surface area contributed by atoms with Gasteiger partial charge >= 0.3 is 0 Å². The number of hydrogen-bond donors (Lipinski definition) is 2. The molecule has 0 aliphatic carbocycles. The summed E-state index contributed by atoms with van der Waals surface area (Å²) < 4.78 is 17.9. The van der Waals surface area contributed by atoms with Gasteiger partial charge < -0.3 is 10.0 Å². The first-order valence-electron chi connectivity index (χ1n) is 7.84. The van der Waals surface area contributed by atoms with Crippen molar-refractivity contribution in [2.75, 3.05) is 10.0 Å². The lowest BCUT2D eigenvalue weighted by Gasteiger charge is -2.11. The van der Waals surface area contributed by atoms with Crippen molar-refractivity contribution in [3.63, 3.8) is 0 Å². The first-order chi connectivity index (χ1) is 12.9. The minimum Gasteiger partial charge on any atom is -0.326 e. The van der Waals surface area contributed by atoms with E-state index in [2.05, 4.69) is 31.0 Å². The maximum Gasteiger partial charge on any atom is 0.257 e. The van der Waals surface area contributed by atoms with Gasteiger partial charge in [-0.05, 0) is 83.3 Å². The molecule has 3 rings (SSSR count). The Kier molecular flexibility index (Phi) is 6.36. The first-order valence-corrected chi connectivity index (χ1v) is 9.82. The normalized spacial score (nSPS) is 10.5. The average Bonchev–Trinajstić information content (AvgIpc) is 2.65. The number of aryl methyl sites for hydroxylation is 1. The Morgan fingerprint density at radius 2 is 1.85 bits per heavy atom. The van der Waals surface area contributed by atoms with Crippen LogP contribution in [0.5, 0.6) is 0 Å². The van der Waals surface area contributed by atoms with Crippen LogP contribution in [0.1, 0.15) is 16.1 Å². The van der Waals surface area contributed by atoms with Crippen molar-refractivity contribution in [2.45, 2.75) is 11.8 Å². The van der Waals surface area contributed by atoms with Gasteiger partial charge in [0, 0.05) is 27.1 Å². The molecule has 2 N–H and O–H groups in total. The number of nitrogens with one attached hydrogen (secondary N) is 2. The van der Waals surface area contributed by atoms with Gasteiger partial charge in [-0.15, -0.1) is 0 Å². The number of aromatic nitrogens is 1. The Hall–Kier alpha value is -2.09. The van der Waals surface area contributed by atoms with Crippen LogP contribution in [0.25, 0.3) is 0 Å². The molecule has 1 heterocycles. The number of pyridine rings is 1. The molecule has 0 aliphatic heterocycles. The van der Waals surface area contributed by atoms with Gasteiger partial charge in [0.2, 0.25) is 0 Å². The summed E-state index contributed by atoms with van der Waals surface area (Å²) in [6.45, 7) is 1.75. The molecule has 0 unspecified atom stereocenters. The molecular formula is C19H14BrClFN3OS. The first kappa shape index (κ1) is 19.7. The monoisotopic (exact) mass is 465 g/mol. The van der Waals surface area contributed by atoms with Gasteiger partial charge in [0.25, 0.3) is 5.91 Å². The highest BCUT2D eigenvalue weighted by molar-refractivity contribution is 9.10. The molecule has 1 amide bonds. The minimum atomic E-state index is -0.389. The van der Waals surface area contributed by atoms with Crippen LogP contribution in [0.3, 0.4) is 0 Å². The summed E-state index contributed by atoms with van der Waals surface area (Å²) in [6, 6.07) is 13.2. The van der Waals surface area contributed by atoms with Crippen LogP contribution >= 0.6 is 39.5 Å². The van der Waals surface area contributed by atoms with Gasteiger partial charge in [0.1, 0.15) is 5.82 Å². The predicted octanol–water partition coefficient (Wildman–Crippen LogP) is 6.32. The van der Waals surface area contributed by atoms with Crippen LogP contribution in [0.15, 0.2) is 64.1 Å². The smallest absolute Gasteiger partial charge is 0.257 e. The van der Waals surface area contributed by atoms with Crippen molar-refractivity contribution < 1.29 is 9.18 Å². The molecule has 0 saturated carbocycles. The van der Waals surface area contributed by atoms with Gasteiger partial charge in [0.15, 0.2) is 0 Å². The number of hydrogen-bond acceptors (Lipinski definition) is 4. The van der Waals surface area contributed by atoms with Gasteiger partial charge in [-0.1, -0.05) is 11.6 Å². The molecule has 0 spiro atoms. The van der Waals surface area contributed by atoms with E-state index in [9.17, 15) is 9.18 Å². The summed E-state index contributed by atoms with van der Waals surface area (Å²) in [7, 11) is 0. The van der Waals surface area contributed by atoms with Crippen molar-refractivity contribution in [3.8, 4) is 0 Å². The lowest BCUT2D eigenvalue weighted by atomic mass is 10.2. The standard InChI is InChI=1S/C19H14BrClFN3OS/c1-11-16(8-12(20)10-23-11)19(26)24-15-6-7-17(22)18(9-15)27-25-14-4-2-13(21)3-5-14/h2-10,25H,1H3,(H,24,26). The van der Waals surface area contributed by atoms with E-state index in [4.69, 9.17) is 11.6 Å². The topological polar surface area (TPSA) is 54.0 Å². The molecule has 1 aromatic heterocycles. The molecule has 0 fully saturated rings. The minimum absolute atomic E-state index is 0.311. The number of carbonyl (C=O) groups is 1. The van der Waals surface area contributed by atoms with Crippen molar-refractivity contribution in [3.05, 3.63) is 81.3 Å². The predicted molar refractivity (Wildman–Crippen MR) is 112 cm³/mol. The van der Waals surface area contributed by atoms with Crippen molar-refractivity contribution in [1.29, 1.82) is 0 Å². The molecule has 8 heteroatoms. The summed E-state index contributed by atoms with van der Waals surface area (Å²) in [5, 5.41) is 3.40. The van der Waals surface area contributed by atoms with E-state index in [-0.39, 0.29) is 11.7 Å². The second-order valence-electron chi connectivity index (χ2n) is 5.60. The molecule has 0 saturated heterocycles. The zero-order chi connectivity index (χ0) is 19.4. The highest BCUT2D eigenvalue weighted by Crippen LogP contribution is 2.27. The Labute approximate surface area is 173 Å². The lowest BCUT2D eigenvalue weighted by Crippen LogP contribution is -2.14. The molecule has 138 valence electrons. The van der Waals surface area contributed by atoms with Gasteiger partial charge in [-0.2, -0.15) is 0 Å². The van der Waals surface area contributed by atoms with E-state index in [1.807, 2.05) is 0 Å². The summed E-state index contributed by atoms with van der Waals surface area (Å²) >= 11 is 10.3. The summed E-state index contributed by atoms with van der Waals surface area (Å²) in [4.78, 5) is 17.0. The van der Waals surface area contributed by atoms with Crippen molar-refractivity contribution in [1.82, 2.24) is 4.98 Å². The van der Waals surface area contributed by atoms with Crippen molar-refractivity contribution >= 4 is 56.8 Å². The highest BCUT2D eigenvalue weighted by Gasteiger charge is 2.12. The molecule has 3 aromatic rings. The number of rotatable bonds is 5. The molecule has 0 bridgehead atoms. The molecule has 2 aromatic carbocycles. The number of anilines is 2. The molecule has 27 heavy (non-hydrogen) atoms. The Balaban J connectivity index is 1.73.